The highest BCUT2D eigenvalue weighted by Gasteiger charge is 2.12. The molecule has 0 atom stereocenters. The van der Waals surface area contributed by atoms with E-state index < -0.39 is 6.09 Å². The van der Waals surface area contributed by atoms with Gasteiger partial charge in [-0.3, -0.25) is 9.78 Å². The van der Waals surface area contributed by atoms with Gasteiger partial charge in [0.25, 0.3) is 5.91 Å². The Hall–Kier alpha value is -3.58. The van der Waals surface area contributed by atoms with Gasteiger partial charge < -0.3 is 20.5 Å². The zero-order valence-corrected chi connectivity index (χ0v) is 17.9. The van der Waals surface area contributed by atoms with Gasteiger partial charge in [0.15, 0.2) is 0 Å². The predicted octanol–water partition coefficient (Wildman–Crippen LogP) is 4.42. The van der Waals surface area contributed by atoms with Crippen molar-refractivity contribution in [1.29, 1.82) is 0 Å². The molecule has 2 amide bonds. The third-order valence-corrected chi connectivity index (χ3v) is 4.91. The molecule has 0 aliphatic heterocycles. The fourth-order valence-corrected chi connectivity index (χ4v) is 3.29. The molecule has 0 saturated carbocycles. The molecule has 8 heteroatoms. The summed E-state index contributed by atoms with van der Waals surface area (Å²) in [5, 5.41) is 14.6. The van der Waals surface area contributed by atoms with Gasteiger partial charge in [-0.1, -0.05) is 17.7 Å². The molecule has 0 bridgehead atoms. The van der Waals surface area contributed by atoms with Crippen LogP contribution in [0.25, 0.3) is 11.1 Å². The number of methoxy groups -OCH3 is 1. The Morgan fingerprint density at radius 2 is 1.77 bits per heavy atom. The third-order valence-electron chi connectivity index (χ3n) is 4.60. The van der Waals surface area contributed by atoms with Crippen molar-refractivity contribution < 1.29 is 19.4 Å². The van der Waals surface area contributed by atoms with Crippen LogP contribution in [0.1, 0.15) is 27.2 Å². The van der Waals surface area contributed by atoms with Crippen LogP contribution in [-0.4, -0.2) is 29.2 Å². The Bertz CT molecular complexity index is 1120. The SMILES string of the molecule is COc1cc(CNC(=O)c2cc(CNC(=O)O)cc(-c3ccnc(C)c3)c2)ccc1Cl. The highest BCUT2D eigenvalue weighted by molar-refractivity contribution is 6.32. The first-order valence-electron chi connectivity index (χ1n) is 9.50. The summed E-state index contributed by atoms with van der Waals surface area (Å²) in [4.78, 5) is 28.0. The molecular weight excluding hydrogens is 418 g/mol. The number of hydrogen-bond acceptors (Lipinski definition) is 4. The lowest BCUT2D eigenvalue weighted by Gasteiger charge is -2.12. The van der Waals surface area contributed by atoms with Crippen molar-refractivity contribution in [1.82, 2.24) is 15.6 Å². The Morgan fingerprint density at radius 3 is 2.48 bits per heavy atom. The Balaban J connectivity index is 1.85. The van der Waals surface area contributed by atoms with Crippen molar-refractivity contribution in [2.45, 2.75) is 20.0 Å². The first-order valence-corrected chi connectivity index (χ1v) is 9.88. The van der Waals surface area contributed by atoms with Crippen molar-refractivity contribution in [3.63, 3.8) is 0 Å². The number of carbonyl (C=O) groups is 2. The highest BCUT2D eigenvalue weighted by atomic mass is 35.5. The van der Waals surface area contributed by atoms with Gasteiger partial charge in [0.1, 0.15) is 5.75 Å². The van der Waals surface area contributed by atoms with Gasteiger partial charge in [-0.15, -0.1) is 0 Å². The largest absolute Gasteiger partial charge is 0.495 e. The molecule has 3 N–H and O–H groups in total. The van der Waals surface area contributed by atoms with Crippen molar-refractivity contribution in [3.05, 3.63) is 82.1 Å². The third kappa shape index (κ3) is 5.96. The lowest BCUT2D eigenvalue weighted by Crippen LogP contribution is -2.24. The molecule has 0 aliphatic carbocycles. The topological polar surface area (TPSA) is 101 Å². The molecule has 0 aliphatic rings. The lowest BCUT2D eigenvalue weighted by atomic mass is 9.99. The Kier molecular flexibility index (Phi) is 7.10. The Labute approximate surface area is 185 Å². The van der Waals surface area contributed by atoms with Crippen LogP contribution in [-0.2, 0) is 13.1 Å². The molecule has 1 aromatic heterocycles. The van der Waals surface area contributed by atoms with E-state index in [-0.39, 0.29) is 19.0 Å². The quantitative estimate of drug-likeness (QED) is 0.506. The number of nitrogens with one attached hydrogen (secondary N) is 2. The molecule has 1 heterocycles. The second kappa shape index (κ2) is 9.95. The predicted molar refractivity (Wildman–Crippen MR) is 118 cm³/mol. The summed E-state index contributed by atoms with van der Waals surface area (Å²) in [5.74, 6) is 0.253. The van der Waals surface area contributed by atoms with Crippen LogP contribution in [0.2, 0.25) is 5.02 Å². The maximum absolute atomic E-state index is 12.9. The minimum absolute atomic E-state index is 0.0852. The summed E-state index contributed by atoms with van der Waals surface area (Å²) < 4.78 is 5.21. The minimum atomic E-state index is -1.13. The molecule has 3 rings (SSSR count). The van der Waals surface area contributed by atoms with Gasteiger partial charge in [0, 0.05) is 30.5 Å². The first kappa shape index (κ1) is 22.1. The molecule has 160 valence electrons. The van der Waals surface area contributed by atoms with Gasteiger partial charge in [-0.25, -0.2) is 4.79 Å². The summed E-state index contributed by atoms with van der Waals surface area (Å²) in [5.41, 5.74) is 4.47. The lowest BCUT2D eigenvalue weighted by molar-refractivity contribution is 0.0950. The number of halogens is 1. The number of carbonyl (C=O) groups excluding carboxylic acids is 1. The van der Waals surface area contributed by atoms with Crippen LogP contribution in [0.4, 0.5) is 4.79 Å². The number of amides is 2. The van der Waals surface area contributed by atoms with E-state index in [1.165, 1.54) is 7.11 Å². The maximum atomic E-state index is 12.9. The maximum Gasteiger partial charge on any atom is 0.404 e. The van der Waals surface area contributed by atoms with Crippen LogP contribution in [0.3, 0.4) is 0 Å². The average molecular weight is 440 g/mol. The number of ether oxygens (including phenoxy) is 1. The number of pyridine rings is 1. The molecule has 0 fully saturated rings. The molecule has 31 heavy (non-hydrogen) atoms. The monoisotopic (exact) mass is 439 g/mol. The van der Waals surface area contributed by atoms with Gasteiger partial charge in [0.05, 0.1) is 12.1 Å². The summed E-state index contributed by atoms with van der Waals surface area (Å²) in [6.07, 6.45) is 0.563. The van der Waals surface area contributed by atoms with Gasteiger partial charge in [0.2, 0.25) is 0 Å². The van der Waals surface area contributed by atoms with E-state index in [4.69, 9.17) is 21.4 Å². The Morgan fingerprint density at radius 1 is 1.00 bits per heavy atom. The molecule has 2 aromatic carbocycles. The van der Waals surface area contributed by atoms with Crippen molar-refractivity contribution in [2.24, 2.45) is 0 Å². The molecule has 0 spiro atoms. The molecule has 7 nitrogen and oxygen atoms in total. The van der Waals surface area contributed by atoms with Crippen LogP contribution >= 0.6 is 11.6 Å². The number of benzene rings is 2. The van der Waals surface area contributed by atoms with E-state index in [1.54, 1.807) is 30.5 Å². The molecule has 0 unspecified atom stereocenters. The second-order valence-corrected chi connectivity index (χ2v) is 7.32. The van der Waals surface area contributed by atoms with Crippen LogP contribution in [0.5, 0.6) is 5.75 Å². The van der Waals surface area contributed by atoms with Crippen molar-refractivity contribution >= 4 is 23.6 Å². The molecule has 0 radical (unpaired) electrons. The van der Waals surface area contributed by atoms with E-state index in [0.717, 1.165) is 22.4 Å². The van der Waals surface area contributed by atoms with Gasteiger partial charge >= 0.3 is 6.09 Å². The van der Waals surface area contributed by atoms with E-state index in [1.807, 2.05) is 31.2 Å². The zero-order valence-electron chi connectivity index (χ0n) is 17.1. The summed E-state index contributed by atoms with van der Waals surface area (Å²) in [7, 11) is 1.53. The van der Waals surface area contributed by atoms with Gasteiger partial charge in [-0.2, -0.15) is 0 Å². The number of aryl methyl sites for hydroxylation is 1. The number of aromatic nitrogens is 1. The molecule has 0 saturated heterocycles. The molecule has 3 aromatic rings. The number of nitrogens with zero attached hydrogens (tertiary/aromatic N) is 1. The smallest absolute Gasteiger partial charge is 0.404 e. The highest BCUT2D eigenvalue weighted by Crippen LogP contribution is 2.25. The first-order chi connectivity index (χ1) is 14.9. The summed E-state index contributed by atoms with van der Waals surface area (Å²) >= 11 is 6.05. The standard InChI is InChI=1S/C23H22ClN3O4/c1-14-7-17(5-6-25-14)18-8-16(13-27-23(29)30)9-19(11-18)22(28)26-12-15-3-4-20(24)21(10-15)31-2/h3-11,27H,12-13H2,1-2H3,(H,26,28)(H,29,30). The van der Waals surface area contributed by atoms with E-state index in [9.17, 15) is 9.59 Å². The number of hydrogen-bond donors (Lipinski definition) is 3. The minimum Gasteiger partial charge on any atom is -0.495 e. The zero-order chi connectivity index (χ0) is 22.4. The fraction of sp³-hybridized carbons (Fsp3) is 0.174. The normalized spacial score (nSPS) is 10.4. The van der Waals surface area contributed by atoms with E-state index in [0.29, 0.717) is 21.9 Å². The van der Waals surface area contributed by atoms with Crippen LogP contribution < -0.4 is 15.4 Å². The second-order valence-electron chi connectivity index (χ2n) is 6.91. The number of rotatable bonds is 7. The average Bonchev–Trinajstić information content (AvgIpc) is 2.76. The summed E-state index contributed by atoms with van der Waals surface area (Å²) in [6, 6.07) is 14.3. The number of carboxylic acid groups (broad SMARTS) is 1. The van der Waals surface area contributed by atoms with Crippen molar-refractivity contribution in [2.75, 3.05) is 7.11 Å². The van der Waals surface area contributed by atoms with E-state index in [2.05, 4.69) is 15.6 Å². The summed E-state index contributed by atoms with van der Waals surface area (Å²) in [6.45, 7) is 2.25. The fourth-order valence-electron chi connectivity index (χ4n) is 3.09. The van der Waals surface area contributed by atoms with Crippen molar-refractivity contribution in [3.8, 4) is 16.9 Å². The van der Waals surface area contributed by atoms with Crippen LogP contribution in [0.15, 0.2) is 54.7 Å². The van der Waals surface area contributed by atoms with Gasteiger partial charge in [-0.05, 0) is 71.6 Å². The van der Waals surface area contributed by atoms with E-state index >= 15 is 0 Å². The molecular formula is C23H22ClN3O4. The van der Waals surface area contributed by atoms with Crippen LogP contribution in [0, 0.1) is 6.92 Å².